The molecule has 2 heterocycles. The minimum Gasteiger partial charge on any atom is -0.311 e. The lowest BCUT2D eigenvalue weighted by atomic mass is 9.90. The predicted octanol–water partition coefficient (Wildman–Crippen LogP) is 2.64. The molecule has 2 saturated carbocycles. The van der Waals surface area contributed by atoms with Crippen molar-refractivity contribution in [2.75, 3.05) is 13.1 Å². The van der Waals surface area contributed by atoms with Crippen molar-refractivity contribution in [1.29, 1.82) is 0 Å². The lowest BCUT2D eigenvalue weighted by Crippen LogP contribution is -2.63. The molecule has 1 aliphatic heterocycles. The SMILES string of the molecule is c1ncc(CN2CC(C3CC3)NCC23CCCC3)s1. The summed E-state index contributed by atoms with van der Waals surface area (Å²) in [5.74, 6) is 0.961. The van der Waals surface area contributed by atoms with Gasteiger partial charge in [0.15, 0.2) is 0 Å². The van der Waals surface area contributed by atoms with Crippen molar-refractivity contribution in [3.05, 3.63) is 16.6 Å². The molecule has 3 fully saturated rings. The molecule has 0 bridgehead atoms. The lowest BCUT2D eigenvalue weighted by molar-refractivity contribution is 0.0319. The van der Waals surface area contributed by atoms with E-state index in [1.54, 1.807) is 0 Å². The van der Waals surface area contributed by atoms with Crippen molar-refractivity contribution in [2.24, 2.45) is 5.92 Å². The maximum Gasteiger partial charge on any atom is 0.0794 e. The van der Waals surface area contributed by atoms with Crippen LogP contribution in [-0.2, 0) is 6.54 Å². The maximum atomic E-state index is 4.25. The number of rotatable bonds is 3. The summed E-state index contributed by atoms with van der Waals surface area (Å²) in [6.07, 6.45) is 10.5. The molecule has 1 aromatic heterocycles. The van der Waals surface area contributed by atoms with Crippen LogP contribution >= 0.6 is 11.3 Å². The maximum absolute atomic E-state index is 4.25. The molecule has 1 saturated heterocycles. The molecular weight excluding hydrogens is 254 g/mol. The Labute approximate surface area is 119 Å². The fourth-order valence-corrected chi connectivity index (χ4v) is 4.62. The number of thiazole rings is 1. The quantitative estimate of drug-likeness (QED) is 0.920. The molecule has 4 rings (SSSR count). The van der Waals surface area contributed by atoms with E-state index < -0.39 is 0 Å². The predicted molar refractivity (Wildman–Crippen MR) is 78.2 cm³/mol. The van der Waals surface area contributed by atoms with Gasteiger partial charge in [-0.05, 0) is 31.6 Å². The molecule has 1 aromatic rings. The van der Waals surface area contributed by atoms with E-state index in [1.807, 2.05) is 16.8 Å². The number of piperazine rings is 1. The van der Waals surface area contributed by atoms with Gasteiger partial charge in [-0.15, -0.1) is 11.3 Å². The highest BCUT2D eigenvalue weighted by Gasteiger charge is 2.46. The second-order valence-corrected chi connectivity index (χ2v) is 7.58. The highest BCUT2D eigenvalue weighted by Crippen LogP contribution is 2.41. The van der Waals surface area contributed by atoms with Crippen LogP contribution < -0.4 is 5.32 Å². The Morgan fingerprint density at radius 2 is 2.21 bits per heavy atom. The van der Waals surface area contributed by atoms with Crippen LogP contribution in [0.4, 0.5) is 0 Å². The lowest BCUT2D eigenvalue weighted by Gasteiger charge is -2.48. The summed E-state index contributed by atoms with van der Waals surface area (Å²) >= 11 is 1.81. The van der Waals surface area contributed by atoms with E-state index in [0.29, 0.717) is 5.54 Å². The first-order valence-corrected chi connectivity index (χ1v) is 8.60. The molecule has 3 aliphatic rings. The summed E-state index contributed by atoms with van der Waals surface area (Å²) in [4.78, 5) is 8.48. The van der Waals surface area contributed by atoms with E-state index >= 15 is 0 Å². The van der Waals surface area contributed by atoms with Crippen molar-refractivity contribution in [3.8, 4) is 0 Å². The van der Waals surface area contributed by atoms with E-state index in [0.717, 1.165) is 18.5 Å². The zero-order valence-electron chi connectivity index (χ0n) is 11.5. The molecule has 0 aromatic carbocycles. The van der Waals surface area contributed by atoms with Crippen LogP contribution in [0.25, 0.3) is 0 Å². The second-order valence-electron chi connectivity index (χ2n) is 6.60. The third-order valence-electron chi connectivity index (χ3n) is 5.34. The van der Waals surface area contributed by atoms with Crippen molar-refractivity contribution in [1.82, 2.24) is 15.2 Å². The van der Waals surface area contributed by atoms with Crippen molar-refractivity contribution in [2.45, 2.75) is 56.7 Å². The molecule has 2 aliphatic carbocycles. The molecule has 4 heteroatoms. The van der Waals surface area contributed by atoms with Crippen molar-refractivity contribution in [3.63, 3.8) is 0 Å². The first kappa shape index (κ1) is 12.3. The Morgan fingerprint density at radius 1 is 1.37 bits per heavy atom. The zero-order valence-corrected chi connectivity index (χ0v) is 12.3. The highest BCUT2D eigenvalue weighted by atomic mass is 32.1. The van der Waals surface area contributed by atoms with E-state index in [2.05, 4.69) is 21.4 Å². The van der Waals surface area contributed by atoms with Gasteiger partial charge in [0, 0.05) is 42.3 Å². The van der Waals surface area contributed by atoms with Crippen LogP contribution in [0.2, 0.25) is 0 Å². The summed E-state index contributed by atoms with van der Waals surface area (Å²) in [5, 5.41) is 3.87. The largest absolute Gasteiger partial charge is 0.311 e. The molecule has 0 amide bonds. The molecule has 1 atom stereocenters. The molecular formula is C15H23N3S. The third-order valence-corrected chi connectivity index (χ3v) is 6.10. The monoisotopic (exact) mass is 277 g/mol. The summed E-state index contributed by atoms with van der Waals surface area (Å²) < 4.78 is 0. The van der Waals surface area contributed by atoms with Crippen LogP contribution in [-0.4, -0.2) is 34.6 Å². The van der Waals surface area contributed by atoms with Gasteiger partial charge in [0.1, 0.15) is 0 Å². The molecule has 104 valence electrons. The van der Waals surface area contributed by atoms with E-state index in [4.69, 9.17) is 0 Å². The molecule has 1 N–H and O–H groups in total. The van der Waals surface area contributed by atoms with Gasteiger partial charge in [0.25, 0.3) is 0 Å². The van der Waals surface area contributed by atoms with Gasteiger partial charge in [-0.3, -0.25) is 9.88 Å². The first-order valence-electron chi connectivity index (χ1n) is 7.72. The minimum atomic E-state index is 0.454. The molecule has 19 heavy (non-hydrogen) atoms. The standard InChI is InChI=1S/C15H23N3S/c1-2-6-15(5-1)10-17-14(12-3-4-12)9-18(15)8-13-7-16-11-19-13/h7,11-12,14,17H,1-6,8-10H2. The second kappa shape index (κ2) is 4.83. The third kappa shape index (κ3) is 2.34. The number of nitrogens with zero attached hydrogens (tertiary/aromatic N) is 2. The highest BCUT2D eigenvalue weighted by molar-refractivity contribution is 7.09. The molecule has 3 nitrogen and oxygen atoms in total. The summed E-state index contributed by atoms with van der Waals surface area (Å²) in [6, 6.07) is 0.749. The number of hydrogen-bond acceptors (Lipinski definition) is 4. The van der Waals surface area contributed by atoms with E-state index in [-0.39, 0.29) is 0 Å². The van der Waals surface area contributed by atoms with Gasteiger partial charge in [-0.1, -0.05) is 12.8 Å². The Morgan fingerprint density at radius 3 is 2.89 bits per heavy atom. The van der Waals surface area contributed by atoms with Crippen LogP contribution in [0.1, 0.15) is 43.4 Å². The number of aromatic nitrogens is 1. The Hall–Kier alpha value is -0.450. The van der Waals surface area contributed by atoms with Gasteiger partial charge >= 0.3 is 0 Å². The van der Waals surface area contributed by atoms with Crippen molar-refractivity contribution < 1.29 is 0 Å². The Balaban J connectivity index is 1.53. The van der Waals surface area contributed by atoms with E-state index in [9.17, 15) is 0 Å². The van der Waals surface area contributed by atoms with Crippen LogP contribution in [0.15, 0.2) is 11.7 Å². The Bertz CT molecular complexity index is 421. The van der Waals surface area contributed by atoms with Crippen molar-refractivity contribution >= 4 is 11.3 Å². The minimum absolute atomic E-state index is 0.454. The summed E-state index contributed by atoms with van der Waals surface area (Å²) in [7, 11) is 0. The smallest absolute Gasteiger partial charge is 0.0794 e. The summed E-state index contributed by atoms with van der Waals surface area (Å²) in [6.45, 7) is 3.59. The fraction of sp³-hybridized carbons (Fsp3) is 0.800. The van der Waals surface area contributed by atoms with Crippen LogP contribution in [0.3, 0.4) is 0 Å². The average Bonchev–Trinajstić information content (AvgIpc) is 2.95. The van der Waals surface area contributed by atoms with Crippen LogP contribution in [0.5, 0.6) is 0 Å². The first-order chi connectivity index (χ1) is 9.36. The van der Waals surface area contributed by atoms with Gasteiger partial charge < -0.3 is 5.32 Å². The zero-order chi connectivity index (χ0) is 12.7. The Kier molecular flexibility index (Phi) is 3.13. The number of nitrogens with one attached hydrogen (secondary N) is 1. The van der Waals surface area contributed by atoms with Gasteiger partial charge in [0.2, 0.25) is 0 Å². The normalized spacial score (nSPS) is 31.1. The summed E-state index contributed by atoms with van der Waals surface area (Å²) in [5.41, 5.74) is 2.42. The fourth-order valence-electron chi connectivity index (χ4n) is 4.01. The van der Waals surface area contributed by atoms with E-state index in [1.165, 1.54) is 56.5 Å². The van der Waals surface area contributed by atoms with Gasteiger partial charge in [0.05, 0.1) is 5.51 Å². The van der Waals surface area contributed by atoms with Crippen LogP contribution in [0, 0.1) is 5.92 Å². The number of hydrogen-bond donors (Lipinski definition) is 1. The molecule has 0 radical (unpaired) electrons. The molecule has 1 unspecified atom stereocenters. The van der Waals surface area contributed by atoms with Gasteiger partial charge in [-0.2, -0.15) is 0 Å². The topological polar surface area (TPSA) is 28.2 Å². The average molecular weight is 277 g/mol. The molecule has 1 spiro atoms. The van der Waals surface area contributed by atoms with Gasteiger partial charge in [-0.25, -0.2) is 0 Å².